The van der Waals surface area contributed by atoms with E-state index in [0.717, 1.165) is 0 Å². The van der Waals surface area contributed by atoms with E-state index in [9.17, 15) is 9.59 Å². The predicted octanol–water partition coefficient (Wildman–Crippen LogP) is -0.329. The Balaban J connectivity index is 0.000001000. The fraction of sp³-hybridized carbons (Fsp3) is 0.667. The zero-order valence-corrected chi connectivity index (χ0v) is 6.69. The van der Waals surface area contributed by atoms with Crippen molar-refractivity contribution in [2.24, 2.45) is 5.92 Å². The summed E-state index contributed by atoms with van der Waals surface area (Å²) in [6, 6.07) is 0. The van der Waals surface area contributed by atoms with Crippen molar-refractivity contribution in [1.82, 2.24) is 5.32 Å². The average Bonchev–Trinajstić information content (AvgIpc) is 1.88. The predicted molar refractivity (Wildman–Crippen MR) is 40.9 cm³/mol. The smallest absolute Gasteiger partial charge is 0.315 e. The summed E-state index contributed by atoms with van der Waals surface area (Å²) in [5, 5.41) is 11.3. The molecule has 1 heterocycles. The molecule has 1 atom stereocenters. The Hall–Kier alpha value is -0.610. The Morgan fingerprint density at radius 3 is 2.64 bits per heavy atom. The van der Waals surface area contributed by atoms with Gasteiger partial charge in [0.05, 0.1) is 0 Å². The second-order valence-corrected chi connectivity index (χ2v) is 2.31. The number of hydrogen-bond acceptors (Lipinski definition) is 3. The van der Waals surface area contributed by atoms with Crippen molar-refractivity contribution in [3.8, 4) is 0 Å². The van der Waals surface area contributed by atoms with Crippen LogP contribution in [0, 0.1) is 5.92 Å². The molecule has 0 aromatic heterocycles. The monoisotopic (exact) mass is 179 g/mol. The van der Waals surface area contributed by atoms with E-state index < -0.39 is 11.9 Å². The Bertz CT molecular complexity index is 171. The first-order chi connectivity index (χ1) is 4.72. The number of halogens is 1. The standard InChI is InChI=1S/C6H9NO3.ClH/c8-5-1-2-7-3-4(5)6(9)10;/h4,7H,1-3H2,(H,9,10);1H. The molecule has 1 fully saturated rings. The van der Waals surface area contributed by atoms with E-state index in [2.05, 4.69) is 5.32 Å². The number of aliphatic carboxylic acids is 1. The lowest BCUT2D eigenvalue weighted by atomic mass is 9.99. The van der Waals surface area contributed by atoms with E-state index in [1.54, 1.807) is 0 Å². The topological polar surface area (TPSA) is 66.4 Å². The van der Waals surface area contributed by atoms with Gasteiger partial charge in [-0.3, -0.25) is 9.59 Å². The Labute approximate surface area is 70.4 Å². The number of carboxylic acid groups (broad SMARTS) is 1. The van der Waals surface area contributed by atoms with Crippen molar-refractivity contribution < 1.29 is 14.7 Å². The number of carboxylic acids is 1. The molecule has 0 radical (unpaired) electrons. The van der Waals surface area contributed by atoms with Crippen LogP contribution in [0.1, 0.15) is 6.42 Å². The van der Waals surface area contributed by atoms with Crippen molar-refractivity contribution in [2.45, 2.75) is 6.42 Å². The third-order valence-electron chi connectivity index (χ3n) is 1.58. The second kappa shape index (κ2) is 4.31. The number of Topliss-reactive ketones (excluding diaryl/α,β-unsaturated/α-hetero) is 1. The fourth-order valence-corrected chi connectivity index (χ4v) is 0.971. The van der Waals surface area contributed by atoms with Crippen LogP contribution in [0.25, 0.3) is 0 Å². The molecule has 0 saturated carbocycles. The molecule has 4 nitrogen and oxygen atoms in total. The molecule has 11 heavy (non-hydrogen) atoms. The minimum absolute atomic E-state index is 0. The first-order valence-electron chi connectivity index (χ1n) is 3.18. The molecule has 0 aliphatic carbocycles. The highest BCUT2D eigenvalue weighted by Gasteiger charge is 2.27. The normalized spacial score (nSPS) is 24.0. The first-order valence-corrected chi connectivity index (χ1v) is 3.18. The van der Waals surface area contributed by atoms with Gasteiger partial charge < -0.3 is 10.4 Å². The minimum atomic E-state index is -1.02. The van der Waals surface area contributed by atoms with Gasteiger partial charge >= 0.3 is 5.97 Å². The number of carbonyl (C=O) groups is 2. The van der Waals surface area contributed by atoms with Crippen LogP contribution in [0.5, 0.6) is 0 Å². The van der Waals surface area contributed by atoms with E-state index >= 15 is 0 Å². The fourth-order valence-electron chi connectivity index (χ4n) is 0.971. The lowest BCUT2D eigenvalue weighted by Gasteiger charge is -2.17. The van der Waals surface area contributed by atoms with Gasteiger partial charge in [-0.25, -0.2) is 0 Å². The summed E-state index contributed by atoms with van der Waals surface area (Å²) in [6.45, 7) is 0.900. The van der Waals surface area contributed by atoms with Gasteiger partial charge in [-0.15, -0.1) is 12.4 Å². The molecule has 0 aromatic carbocycles. The Kier molecular flexibility index (Phi) is 4.07. The highest BCUT2D eigenvalue weighted by molar-refractivity contribution is 5.99. The number of nitrogens with one attached hydrogen (secondary N) is 1. The quantitative estimate of drug-likeness (QED) is 0.541. The maximum absolute atomic E-state index is 10.8. The molecule has 0 amide bonds. The molecule has 1 rings (SSSR count). The molecular formula is C6H10ClNO3. The minimum Gasteiger partial charge on any atom is -0.481 e. The van der Waals surface area contributed by atoms with E-state index in [0.29, 0.717) is 13.0 Å². The van der Waals surface area contributed by atoms with Crippen molar-refractivity contribution in [3.05, 3.63) is 0 Å². The van der Waals surface area contributed by atoms with Crippen LogP contribution in [-0.4, -0.2) is 29.9 Å². The zero-order valence-electron chi connectivity index (χ0n) is 5.87. The summed E-state index contributed by atoms with van der Waals surface area (Å²) < 4.78 is 0. The van der Waals surface area contributed by atoms with Gasteiger partial charge in [-0.2, -0.15) is 0 Å². The molecular weight excluding hydrogens is 170 g/mol. The van der Waals surface area contributed by atoms with Gasteiger partial charge in [0, 0.05) is 19.5 Å². The highest BCUT2D eigenvalue weighted by atomic mass is 35.5. The highest BCUT2D eigenvalue weighted by Crippen LogP contribution is 2.04. The van der Waals surface area contributed by atoms with E-state index in [4.69, 9.17) is 5.11 Å². The van der Waals surface area contributed by atoms with Gasteiger partial charge in [0.15, 0.2) is 0 Å². The summed E-state index contributed by atoms with van der Waals surface area (Å²) >= 11 is 0. The van der Waals surface area contributed by atoms with Gasteiger partial charge in [-0.05, 0) is 0 Å². The summed E-state index contributed by atoms with van der Waals surface area (Å²) in [5.74, 6) is -1.99. The first kappa shape index (κ1) is 10.4. The molecule has 64 valence electrons. The van der Waals surface area contributed by atoms with Crippen LogP contribution in [0.2, 0.25) is 0 Å². The van der Waals surface area contributed by atoms with Crippen LogP contribution in [0.15, 0.2) is 0 Å². The van der Waals surface area contributed by atoms with Crippen LogP contribution in [-0.2, 0) is 9.59 Å². The van der Waals surface area contributed by atoms with Gasteiger partial charge in [0.25, 0.3) is 0 Å². The van der Waals surface area contributed by atoms with Gasteiger partial charge in [0.2, 0.25) is 0 Å². The van der Waals surface area contributed by atoms with Gasteiger partial charge in [-0.1, -0.05) is 0 Å². The molecule has 1 saturated heterocycles. The molecule has 5 heteroatoms. The van der Waals surface area contributed by atoms with Crippen LogP contribution < -0.4 is 5.32 Å². The third kappa shape index (κ3) is 2.48. The number of rotatable bonds is 1. The molecule has 1 aliphatic rings. The third-order valence-corrected chi connectivity index (χ3v) is 1.58. The molecule has 0 aromatic rings. The molecule has 2 N–H and O–H groups in total. The number of hydrogen-bond donors (Lipinski definition) is 2. The lowest BCUT2D eigenvalue weighted by molar-refractivity contribution is -0.146. The average molecular weight is 180 g/mol. The van der Waals surface area contributed by atoms with Crippen LogP contribution in [0.4, 0.5) is 0 Å². The summed E-state index contributed by atoms with van der Waals surface area (Å²) in [6.07, 6.45) is 0.344. The second-order valence-electron chi connectivity index (χ2n) is 2.31. The van der Waals surface area contributed by atoms with Crippen molar-refractivity contribution in [1.29, 1.82) is 0 Å². The maximum atomic E-state index is 10.8. The van der Waals surface area contributed by atoms with Gasteiger partial charge in [0.1, 0.15) is 11.7 Å². The lowest BCUT2D eigenvalue weighted by Crippen LogP contribution is -2.41. The Morgan fingerprint density at radius 1 is 1.64 bits per heavy atom. The van der Waals surface area contributed by atoms with Crippen molar-refractivity contribution >= 4 is 24.2 Å². The molecule has 1 unspecified atom stereocenters. The number of piperidine rings is 1. The SMILES string of the molecule is Cl.O=C(O)C1CNCCC1=O. The molecule has 1 aliphatic heterocycles. The van der Waals surface area contributed by atoms with Crippen molar-refractivity contribution in [2.75, 3.05) is 13.1 Å². The zero-order chi connectivity index (χ0) is 7.56. The van der Waals surface area contributed by atoms with E-state index in [-0.39, 0.29) is 24.7 Å². The maximum Gasteiger partial charge on any atom is 0.315 e. The molecule has 0 spiro atoms. The van der Waals surface area contributed by atoms with E-state index in [1.165, 1.54) is 0 Å². The number of carbonyl (C=O) groups excluding carboxylic acids is 1. The Morgan fingerprint density at radius 2 is 2.27 bits per heavy atom. The van der Waals surface area contributed by atoms with Crippen LogP contribution in [0.3, 0.4) is 0 Å². The van der Waals surface area contributed by atoms with E-state index in [1.807, 2.05) is 0 Å². The van der Waals surface area contributed by atoms with Crippen LogP contribution >= 0.6 is 12.4 Å². The summed E-state index contributed by atoms with van der Waals surface area (Å²) in [7, 11) is 0. The van der Waals surface area contributed by atoms with Crippen molar-refractivity contribution in [3.63, 3.8) is 0 Å². The summed E-state index contributed by atoms with van der Waals surface area (Å²) in [4.78, 5) is 21.1. The number of ketones is 1. The molecule has 0 bridgehead atoms. The summed E-state index contributed by atoms with van der Waals surface area (Å²) in [5.41, 5.74) is 0. The largest absolute Gasteiger partial charge is 0.481 e.